The summed E-state index contributed by atoms with van der Waals surface area (Å²) in [6.07, 6.45) is 4.83. The van der Waals surface area contributed by atoms with Gasteiger partial charge in [0.25, 0.3) is 0 Å². The summed E-state index contributed by atoms with van der Waals surface area (Å²) in [5.74, 6) is 0.518. The van der Waals surface area contributed by atoms with E-state index in [2.05, 4.69) is 17.6 Å². The first-order valence-corrected chi connectivity index (χ1v) is 7.89. The molecule has 1 atom stereocenters. The molecule has 1 unspecified atom stereocenters. The highest BCUT2D eigenvalue weighted by atomic mass is 16.3. The Morgan fingerprint density at radius 2 is 1.90 bits per heavy atom. The Labute approximate surface area is 126 Å². The number of carbonyl (C=O) groups is 1. The highest BCUT2D eigenvalue weighted by Crippen LogP contribution is 2.24. The normalized spacial score (nSPS) is 23.5. The molecule has 0 aliphatic heterocycles. The maximum absolute atomic E-state index is 12.0. The fraction of sp³-hybridized carbons (Fsp3) is 0.588. The first-order valence-electron chi connectivity index (χ1n) is 7.89. The van der Waals surface area contributed by atoms with Gasteiger partial charge in [-0.3, -0.25) is 4.79 Å². The van der Waals surface area contributed by atoms with Gasteiger partial charge in [0.15, 0.2) is 0 Å². The van der Waals surface area contributed by atoms with Crippen LogP contribution in [0, 0.1) is 5.92 Å². The fourth-order valence-electron chi connectivity index (χ4n) is 2.98. The Hall–Kier alpha value is -1.39. The van der Waals surface area contributed by atoms with E-state index in [1.165, 1.54) is 0 Å². The van der Waals surface area contributed by atoms with Gasteiger partial charge in [0.1, 0.15) is 0 Å². The van der Waals surface area contributed by atoms with Gasteiger partial charge in [-0.15, -0.1) is 0 Å². The first kappa shape index (κ1) is 16.0. The van der Waals surface area contributed by atoms with Crippen LogP contribution in [0.2, 0.25) is 0 Å². The van der Waals surface area contributed by atoms with Crippen LogP contribution >= 0.6 is 0 Å². The molecule has 1 aliphatic rings. The lowest BCUT2D eigenvalue weighted by Crippen LogP contribution is -2.41. The monoisotopic (exact) mass is 290 g/mol. The van der Waals surface area contributed by atoms with Crippen LogP contribution in [0.15, 0.2) is 30.3 Å². The predicted molar refractivity (Wildman–Crippen MR) is 85.1 cm³/mol. The van der Waals surface area contributed by atoms with E-state index < -0.39 is 0 Å². The minimum absolute atomic E-state index is 0.0465. The quantitative estimate of drug-likeness (QED) is 0.754. The summed E-state index contributed by atoms with van der Waals surface area (Å²) in [5.41, 5.74) is 0.846. The zero-order valence-corrected chi connectivity index (χ0v) is 12.7. The Bertz CT molecular complexity index is 428. The van der Waals surface area contributed by atoms with Gasteiger partial charge in [0, 0.05) is 30.8 Å². The molecule has 2 rings (SSSR count). The number of hydrogen-bond donors (Lipinski definition) is 3. The van der Waals surface area contributed by atoms with Gasteiger partial charge < -0.3 is 15.7 Å². The number of benzene rings is 1. The standard InChI is InChI=1S/C17H26N2O2/c1-13(18-16-9-7-14(12-20)8-10-16)11-17(21)19-15-5-3-2-4-6-15/h2-6,13-14,16,18,20H,7-12H2,1H3,(H,19,21). The van der Waals surface area contributed by atoms with Gasteiger partial charge in [0.05, 0.1) is 0 Å². The zero-order valence-electron chi connectivity index (χ0n) is 12.7. The number of hydrogen-bond acceptors (Lipinski definition) is 3. The molecular formula is C17H26N2O2. The molecule has 4 nitrogen and oxygen atoms in total. The molecule has 0 bridgehead atoms. The summed E-state index contributed by atoms with van der Waals surface area (Å²) in [7, 11) is 0. The van der Waals surface area contributed by atoms with Crippen molar-refractivity contribution in [2.45, 2.75) is 51.1 Å². The summed E-state index contributed by atoms with van der Waals surface area (Å²) >= 11 is 0. The highest BCUT2D eigenvalue weighted by molar-refractivity contribution is 5.90. The Morgan fingerprint density at radius 1 is 1.24 bits per heavy atom. The van der Waals surface area contributed by atoms with E-state index in [-0.39, 0.29) is 11.9 Å². The minimum atomic E-state index is 0.0465. The molecule has 1 amide bonds. The maximum Gasteiger partial charge on any atom is 0.225 e. The van der Waals surface area contributed by atoms with Crippen molar-refractivity contribution in [2.24, 2.45) is 5.92 Å². The number of nitrogens with one attached hydrogen (secondary N) is 2. The number of aliphatic hydroxyl groups excluding tert-OH is 1. The first-order chi connectivity index (χ1) is 10.2. The SMILES string of the molecule is CC(CC(=O)Nc1ccccc1)NC1CCC(CO)CC1. The molecule has 1 saturated carbocycles. The highest BCUT2D eigenvalue weighted by Gasteiger charge is 2.22. The van der Waals surface area contributed by atoms with Crippen LogP contribution in [0.3, 0.4) is 0 Å². The third kappa shape index (κ3) is 5.48. The van der Waals surface area contributed by atoms with Gasteiger partial charge in [0.2, 0.25) is 5.91 Å². The molecule has 0 radical (unpaired) electrons. The van der Waals surface area contributed by atoms with E-state index in [4.69, 9.17) is 5.11 Å². The maximum atomic E-state index is 12.0. The molecule has 1 fully saturated rings. The predicted octanol–water partition coefficient (Wildman–Crippen LogP) is 2.54. The van der Waals surface area contributed by atoms with E-state index in [9.17, 15) is 4.79 Å². The number of aliphatic hydroxyl groups is 1. The van der Waals surface area contributed by atoms with Crippen LogP contribution in [-0.2, 0) is 4.79 Å². The third-order valence-corrected chi connectivity index (χ3v) is 4.17. The average Bonchev–Trinajstić information content (AvgIpc) is 2.48. The molecule has 1 aromatic carbocycles. The van der Waals surface area contributed by atoms with Crippen molar-refractivity contribution in [3.8, 4) is 0 Å². The smallest absolute Gasteiger partial charge is 0.225 e. The molecule has 1 aromatic rings. The summed E-state index contributed by atoms with van der Waals surface area (Å²) in [4.78, 5) is 12.0. The Kier molecular flexibility index (Phi) is 6.21. The van der Waals surface area contributed by atoms with Crippen LogP contribution in [0.5, 0.6) is 0 Å². The lowest BCUT2D eigenvalue weighted by atomic mass is 9.86. The van der Waals surface area contributed by atoms with Crippen molar-refractivity contribution in [3.63, 3.8) is 0 Å². The van der Waals surface area contributed by atoms with Crippen molar-refractivity contribution in [2.75, 3.05) is 11.9 Å². The topological polar surface area (TPSA) is 61.4 Å². The molecule has 0 heterocycles. The second-order valence-corrected chi connectivity index (χ2v) is 6.09. The van der Waals surface area contributed by atoms with Crippen molar-refractivity contribution < 1.29 is 9.90 Å². The van der Waals surface area contributed by atoms with Crippen molar-refractivity contribution >= 4 is 11.6 Å². The fourth-order valence-corrected chi connectivity index (χ4v) is 2.98. The Morgan fingerprint density at radius 3 is 2.52 bits per heavy atom. The lowest BCUT2D eigenvalue weighted by molar-refractivity contribution is -0.116. The molecule has 1 aliphatic carbocycles. The van der Waals surface area contributed by atoms with Gasteiger partial charge in [-0.1, -0.05) is 18.2 Å². The molecule has 3 N–H and O–H groups in total. The van der Waals surface area contributed by atoms with E-state index >= 15 is 0 Å². The van der Waals surface area contributed by atoms with Crippen LogP contribution < -0.4 is 10.6 Å². The van der Waals surface area contributed by atoms with Crippen LogP contribution in [0.25, 0.3) is 0 Å². The third-order valence-electron chi connectivity index (χ3n) is 4.17. The summed E-state index contributed by atoms with van der Waals surface area (Å²) in [6, 6.07) is 10.2. The molecule has 0 saturated heterocycles. The van der Waals surface area contributed by atoms with Crippen molar-refractivity contribution in [1.82, 2.24) is 5.32 Å². The number of para-hydroxylation sites is 1. The second-order valence-electron chi connectivity index (χ2n) is 6.09. The van der Waals surface area contributed by atoms with Crippen LogP contribution in [-0.4, -0.2) is 29.7 Å². The minimum Gasteiger partial charge on any atom is -0.396 e. The van der Waals surface area contributed by atoms with Crippen molar-refractivity contribution in [1.29, 1.82) is 0 Å². The molecule has 0 aromatic heterocycles. The molecular weight excluding hydrogens is 264 g/mol. The number of anilines is 1. The largest absolute Gasteiger partial charge is 0.396 e. The zero-order chi connectivity index (χ0) is 15.1. The number of rotatable bonds is 6. The summed E-state index contributed by atoms with van der Waals surface area (Å²) < 4.78 is 0. The molecule has 116 valence electrons. The van der Waals surface area contributed by atoms with Gasteiger partial charge in [-0.05, 0) is 50.7 Å². The molecule has 21 heavy (non-hydrogen) atoms. The number of carbonyl (C=O) groups excluding carboxylic acids is 1. The van der Waals surface area contributed by atoms with Crippen LogP contribution in [0.4, 0.5) is 5.69 Å². The van der Waals surface area contributed by atoms with E-state index in [1.807, 2.05) is 30.3 Å². The van der Waals surface area contributed by atoms with E-state index in [1.54, 1.807) is 0 Å². The van der Waals surface area contributed by atoms with E-state index in [0.717, 1.165) is 31.4 Å². The van der Waals surface area contributed by atoms with Gasteiger partial charge in [-0.25, -0.2) is 0 Å². The number of amides is 1. The summed E-state index contributed by atoms with van der Waals surface area (Å²) in [5, 5.41) is 15.6. The molecule has 0 spiro atoms. The van der Waals surface area contributed by atoms with Crippen molar-refractivity contribution in [3.05, 3.63) is 30.3 Å². The molecule has 4 heteroatoms. The average molecular weight is 290 g/mol. The second kappa shape index (κ2) is 8.15. The lowest BCUT2D eigenvalue weighted by Gasteiger charge is -2.30. The van der Waals surface area contributed by atoms with E-state index in [0.29, 0.717) is 25.0 Å². The van der Waals surface area contributed by atoms with Gasteiger partial charge in [-0.2, -0.15) is 0 Å². The Balaban J connectivity index is 1.69. The van der Waals surface area contributed by atoms with Gasteiger partial charge >= 0.3 is 0 Å². The van der Waals surface area contributed by atoms with Crippen LogP contribution in [0.1, 0.15) is 39.0 Å². The summed E-state index contributed by atoms with van der Waals surface area (Å²) in [6.45, 7) is 2.37.